The molecule has 0 N–H and O–H groups in total. The van der Waals surface area contributed by atoms with Crippen molar-refractivity contribution >= 4 is 6.09 Å². The smallest absolute Gasteiger partial charge is 0.412 e. The molecule has 0 saturated carbocycles. The summed E-state index contributed by atoms with van der Waals surface area (Å²) in [7, 11) is 1.67. The van der Waals surface area contributed by atoms with Crippen molar-refractivity contribution in [3.05, 3.63) is 35.4 Å². The molecule has 1 unspecified atom stereocenters. The fourth-order valence-electron chi connectivity index (χ4n) is 3.75. The van der Waals surface area contributed by atoms with E-state index in [0.717, 1.165) is 19.3 Å². The van der Waals surface area contributed by atoms with E-state index in [0.29, 0.717) is 6.54 Å². The number of fused-ring (bicyclic) bond motifs is 1. The Morgan fingerprint density at radius 1 is 1.23 bits per heavy atom. The van der Waals surface area contributed by atoms with Crippen LogP contribution in [0.25, 0.3) is 0 Å². The van der Waals surface area contributed by atoms with Crippen LogP contribution in [0.2, 0.25) is 0 Å². The van der Waals surface area contributed by atoms with Crippen molar-refractivity contribution in [2.24, 2.45) is 5.41 Å². The van der Waals surface area contributed by atoms with Gasteiger partial charge in [0.2, 0.25) is 0 Å². The Kier molecular flexibility index (Phi) is 3.68. The van der Waals surface area contributed by atoms with Gasteiger partial charge >= 0.3 is 6.09 Å². The summed E-state index contributed by atoms with van der Waals surface area (Å²) in [5, 5.41) is 0. The second-order valence-corrected chi connectivity index (χ2v) is 7.62. The Bertz CT molecular complexity index is 551. The van der Waals surface area contributed by atoms with Crippen LogP contribution in [-0.4, -0.2) is 36.5 Å². The molecule has 3 rings (SSSR count). The topological polar surface area (TPSA) is 38.8 Å². The molecule has 1 saturated heterocycles. The lowest BCUT2D eigenvalue weighted by molar-refractivity contribution is -0.0305. The molecule has 4 nitrogen and oxygen atoms in total. The molecule has 1 aliphatic carbocycles. The van der Waals surface area contributed by atoms with Gasteiger partial charge in [0, 0.05) is 25.5 Å². The third-order valence-electron chi connectivity index (χ3n) is 4.61. The summed E-state index contributed by atoms with van der Waals surface area (Å²) in [6.07, 6.45) is 2.44. The maximum Gasteiger partial charge on any atom is 0.412 e. The number of hydrogen-bond acceptors (Lipinski definition) is 3. The SMILES string of the molecule is COC1CC2(Cc3ccccc3C2)CN1C(=O)OC(C)(C)C. The molecular formula is C18H25NO3. The molecule has 1 heterocycles. The molecule has 0 aromatic heterocycles. The van der Waals surface area contributed by atoms with E-state index in [-0.39, 0.29) is 17.7 Å². The summed E-state index contributed by atoms with van der Waals surface area (Å²) in [4.78, 5) is 14.2. The molecule has 1 spiro atoms. The second kappa shape index (κ2) is 5.27. The van der Waals surface area contributed by atoms with Gasteiger partial charge in [-0.2, -0.15) is 0 Å². The van der Waals surface area contributed by atoms with Gasteiger partial charge in [-0.1, -0.05) is 24.3 Å². The number of benzene rings is 1. The van der Waals surface area contributed by atoms with Crippen LogP contribution in [-0.2, 0) is 22.3 Å². The first-order valence-corrected chi connectivity index (χ1v) is 7.91. The molecule has 0 bridgehead atoms. The number of likely N-dealkylation sites (tertiary alicyclic amines) is 1. The minimum absolute atomic E-state index is 0.0985. The fraction of sp³-hybridized carbons (Fsp3) is 0.611. The Morgan fingerprint density at radius 2 is 1.82 bits per heavy atom. The first-order chi connectivity index (χ1) is 10.3. The molecule has 1 fully saturated rings. The van der Waals surface area contributed by atoms with Gasteiger partial charge < -0.3 is 9.47 Å². The van der Waals surface area contributed by atoms with E-state index in [9.17, 15) is 4.79 Å². The number of rotatable bonds is 1. The maximum absolute atomic E-state index is 12.5. The van der Waals surface area contributed by atoms with Crippen molar-refractivity contribution in [1.82, 2.24) is 4.90 Å². The average Bonchev–Trinajstić information content (AvgIpc) is 2.96. The Morgan fingerprint density at radius 3 is 2.32 bits per heavy atom. The van der Waals surface area contributed by atoms with Crippen molar-refractivity contribution in [3.63, 3.8) is 0 Å². The van der Waals surface area contributed by atoms with Gasteiger partial charge in [0.15, 0.2) is 0 Å². The minimum Gasteiger partial charge on any atom is -0.444 e. The minimum atomic E-state index is -0.482. The number of hydrogen-bond donors (Lipinski definition) is 0. The zero-order valence-electron chi connectivity index (χ0n) is 13.9. The van der Waals surface area contributed by atoms with Crippen molar-refractivity contribution in [3.8, 4) is 0 Å². The fourth-order valence-corrected chi connectivity index (χ4v) is 3.75. The van der Waals surface area contributed by atoms with Gasteiger partial charge in [-0.05, 0) is 44.7 Å². The monoisotopic (exact) mass is 303 g/mol. The van der Waals surface area contributed by atoms with E-state index < -0.39 is 5.60 Å². The van der Waals surface area contributed by atoms with Crippen molar-refractivity contribution < 1.29 is 14.3 Å². The second-order valence-electron chi connectivity index (χ2n) is 7.62. The maximum atomic E-state index is 12.5. The molecular weight excluding hydrogens is 278 g/mol. The molecule has 1 amide bonds. The van der Waals surface area contributed by atoms with E-state index in [1.165, 1.54) is 11.1 Å². The molecule has 1 aromatic rings. The van der Waals surface area contributed by atoms with Gasteiger partial charge in [0.25, 0.3) is 0 Å². The van der Waals surface area contributed by atoms with E-state index in [1.54, 1.807) is 12.0 Å². The highest BCUT2D eigenvalue weighted by Crippen LogP contribution is 2.46. The number of amides is 1. The molecule has 1 aliphatic heterocycles. The van der Waals surface area contributed by atoms with E-state index in [1.807, 2.05) is 20.8 Å². The first kappa shape index (κ1) is 15.3. The zero-order chi connectivity index (χ0) is 16.0. The van der Waals surface area contributed by atoms with E-state index in [2.05, 4.69) is 24.3 Å². The summed E-state index contributed by atoms with van der Waals surface area (Å²) in [6.45, 7) is 6.38. The Hall–Kier alpha value is -1.55. The Labute approximate surface area is 132 Å². The molecule has 22 heavy (non-hydrogen) atoms. The summed E-state index contributed by atoms with van der Waals surface area (Å²) in [5.41, 5.74) is 2.43. The lowest BCUT2D eigenvalue weighted by Crippen LogP contribution is -2.41. The van der Waals surface area contributed by atoms with Crippen LogP contribution >= 0.6 is 0 Å². The molecule has 2 aliphatic rings. The third-order valence-corrected chi connectivity index (χ3v) is 4.61. The number of carbonyl (C=O) groups excluding carboxylic acids is 1. The quantitative estimate of drug-likeness (QED) is 0.798. The van der Waals surface area contributed by atoms with Gasteiger partial charge in [-0.3, -0.25) is 4.90 Å². The van der Waals surface area contributed by atoms with Gasteiger partial charge in [-0.15, -0.1) is 0 Å². The highest BCUT2D eigenvalue weighted by atomic mass is 16.6. The summed E-state index contributed by atoms with van der Waals surface area (Å²) >= 11 is 0. The predicted octanol–water partition coefficient (Wildman–Crippen LogP) is 3.38. The summed E-state index contributed by atoms with van der Waals surface area (Å²) < 4.78 is 11.1. The lowest BCUT2D eigenvalue weighted by Gasteiger charge is -2.28. The van der Waals surface area contributed by atoms with Crippen LogP contribution in [0.1, 0.15) is 38.3 Å². The van der Waals surface area contributed by atoms with Crippen LogP contribution in [0, 0.1) is 5.41 Å². The highest BCUT2D eigenvalue weighted by Gasteiger charge is 2.49. The largest absolute Gasteiger partial charge is 0.444 e. The number of ether oxygens (including phenoxy) is 2. The molecule has 0 radical (unpaired) electrons. The van der Waals surface area contributed by atoms with Gasteiger partial charge in [0.05, 0.1) is 0 Å². The van der Waals surface area contributed by atoms with E-state index in [4.69, 9.17) is 9.47 Å². The summed E-state index contributed by atoms with van der Waals surface area (Å²) in [6, 6.07) is 8.57. The van der Waals surface area contributed by atoms with Gasteiger partial charge in [-0.25, -0.2) is 4.79 Å². The Balaban J connectivity index is 1.77. The summed E-state index contributed by atoms with van der Waals surface area (Å²) in [5.74, 6) is 0. The average molecular weight is 303 g/mol. The molecule has 4 heteroatoms. The highest BCUT2D eigenvalue weighted by molar-refractivity contribution is 5.69. The van der Waals surface area contributed by atoms with E-state index >= 15 is 0 Å². The first-order valence-electron chi connectivity index (χ1n) is 7.91. The molecule has 120 valence electrons. The van der Waals surface area contributed by atoms with Crippen LogP contribution in [0.4, 0.5) is 4.79 Å². The van der Waals surface area contributed by atoms with Crippen LogP contribution < -0.4 is 0 Å². The lowest BCUT2D eigenvalue weighted by atomic mass is 9.84. The van der Waals surface area contributed by atoms with Gasteiger partial charge in [0.1, 0.15) is 11.8 Å². The van der Waals surface area contributed by atoms with Crippen molar-refractivity contribution in [1.29, 1.82) is 0 Å². The van der Waals surface area contributed by atoms with Crippen molar-refractivity contribution in [2.75, 3.05) is 13.7 Å². The number of carbonyl (C=O) groups is 1. The van der Waals surface area contributed by atoms with Crippen LogP contribution in [0.5, 0.6) is 0 Å². The third kappa shape index (κ3) is 2.84. The van der Waals surface area contributed by atoms with Crippen molar-refractivity contribution in [2.45, 2.75) is 51.9 Å². The number of methoxy groups -OCH3 is 1. The van der Waals surface area contributed by atoms with Crippen LogP contribution in [0.3, 0.4) is 0 Å². The molecule has 1 aromatic carbocycles. The predicted molar refractivity (Wildman–Crippen MR) is 84.6 cm³/mol. The zero-order valence-corrected chi connectivity index (χ0v) is 13.9. The molecule has 1 atom stereocenters. The number of nitrogens with zero attached hydrogens (tertiary/aromatic N) is 1. The normalized spacial score (nSPS) is 22.9. The van der Waals surface area contributed by atoms with Crippen LogP contribution in [0.15, 0.2) is 24.3 Å². The standard InChI is InChI=1S/C18H25NO3/c1-17(2,3)22-16(20)19-12-18(11-15(19)21-4)9-13-7-5-6-8-14(13)10-18/h5-8,15H,9-12H2,1-4H3.